The average molecular weight is 313 g/mol. The Bertz CT molecular complexity index is 369. The molecule has 0 amide bonds. The number of benzene rings is 1. The van der Waals surface area contributed by atoms with E-state index in [2.05, 4.69) is 72.5 Å². The van der Waals surface area contributed by atoms with Gasteiger partial charge in [0.05, 0.1) is 0 Å². The minimum absolute atomic E-state index is 0.222. The summed E-state index contributed by atoms with van der Waals surface area (Å²) in [5.41, 5.74) is 2.85. The van der Waals surface area contributed by atoms with Gasteiger partial charge in [0, 0.05) is 16.6 Å². The molecular formula is C15H25BrN2. The number of hydrogen-bond donors (Lipinski definition) is 2. The molecule has 0 unspecified atom stereocenters. The molecule has 0 fully saturated rings. The van der Waals surface area contributed by atoms with E-state index in [-0.39, 0.29) is 5.54 Å². The minimum atomic E-state index is 0.222. The van der Waals surface area contributed by atoms with Crippen LogP contribution in [0.1, 0.15) is 38.3 Å². The van der Waals surface area contributed by atoms with Crippen LogP contribution in [0.15, 0.2) is 22.7 Å². The van der Waals surface area contributed by atoms with Gasteiger partial charge < -0.3 is 10.6 Å². The molecule has 0 aliphatic rings. The first-order chi connectivity index (χ1) is 8.40. The topological polar surface area (TPSA) is 24.1 Å². The number of rotatable bonds is 6. The molecule has 2 N–H and O–H groups in total. The van der Waals surface area contributed by atoms with E-state index in [1.807, 2.05) is 0 Å². The summed E-state index contributed by atoms with van der Waals surface area (Å²) in [5.74, 6) is 0. The van der Waals surface area contributed by atoms with Crippen LogP contribution in [0.25, 0.3) is 0 Å². The van der Waals surface area contributed by atoms with Crippen LogP contribution in [-0.2, 0) is 6.54 Å². The first kappa shape index (κ1) is 15.7. The van der Waals surface area contributed by atoms with Crippen LogP contribution >= 0.6 is 15.9 Å². The van der Waals surface area contributed by atoms with Crippen molar-refractivity contribution in [1.29, 1.82) is 0 Å². The predicted molar refractivity (Wildman–Crippen MR) is 83.0 cm³/mol. The quantitative estimate of drug-likeness (QED) is 0.784. The third kappa shape index (κ3) is 5.98. The summed E-state index contributed by atoms with van der Waals surface area (Å²) in [5, 5.41) is 6.98. The zero-order valence-corrected chi connectivity index (χ0v) is 13.5. The highest BCUT2D eigenvalue weighted by Gasteiger charge is 2.07. The van der Waals surface area contributed by atoms with E-state index in [1.165, 1.54) is 15.6 Å². The summed E-state index contributed by atoms with van der Waals surface area (Å²) in [7, 11) is 0. The van der Waals surface area contributed by atoms with Gasteiger partial charge in [0.15, 0.2) is 0 Å². The van der Waals surface area contributed by atoms with Crippen molar-refractivity contribution < 1.29 is 0 Å². The van der Waals surface area contributed by atoms with Crippen molar-refractivity contribution in [3.05, 3.63) is 33.8 Å². The highest BCUT2D eigenvalue weighted by atomic mass is 79.9. The lowest BCUT2D eigenvalue weighted by molar-refractivity contribution is 0.418. The van der Waals surface area contributed by atoms with Gasteiger partial charge in [0.1, 0.15) is 0 Å². The molecule has 0 spiro atoms. The van der Waals surface area contributed by atoms with Gasteiger partial charge in [-0.1, -0.05) is 34.1 Å². The summed E-state index contributed by atoms with van der Waals surface area (Å²) in [6.07, 6.45) is 1.15. The molecule has 0 saturated heterocycles. The summed E-state index contributed by atoms with van der Waals surface area (Å²) < 4.78 is 1.23. The molecule has 0 atom stereocenters. The Kier molecular flexibility index (Phi) is 6.33. The first-order valence-electron chi connectivity index (χ1n) is 6.60. The van der Waals surface area contributed by atoms with Crippen molar-refractivity contribution in [2.45, 2.75) is 46.2 Å². The summed E-state index contributed by atoms with van der Waals surface area (Å²) in [6, 6.07) is 6.40. The molecule has 1 aromatic rings. The lowest BCUT2D eigenvalue weighted by atomic mass is 10.1. The normalized spacial score (nSPS) is 11.8. The summed E-state index contributed by atoms with van der Waals surface area (Å²) >= 11 is 3.64. The van der Waals surface area contributed by atoms with Crippen molar-refractivity contribution in [2.75, 3.05) is 13.1 Å². The van der Waals surface area contributed by atoms with Gasteiger partial charge in [-0.25, -0.2) is 0 Å². The van der Waals surface area contributed by atoms with Gasteiger partial charge in [-0.05, 0) is 58.3 Å². The van der Waals surface area contributed by atoms with E-state index >= 15 is 0 Å². The molecule has 0 saturated carbocycles. The van der Waals surface area contributed by atoms with Crippen molar-refractivity contribution in [3.63, 3.8) is 0 Å². The smallest absolute Gasteiger partial charge is 0.0249 e. The van der Waals surface area contributed by atoms with Crippen molar-refractivity contribution in [3.8, 4) is 0 Å². The van der Waals surface area contributed by atoms with Crippen molar-refractivity contribution in [2.24, 2.45) is 0 Å². The number of halogens is 1. The number of hydrogen-bond acceptors (Lipinski definition) is 2. The molecule has 0 aromatic heterocycles. The second-order valence-corrected chi connectivity index (χ2v) is 6.55. The van der Waals surface area contributed by atoms with Crippen LogP contribution in [0.4, 0.5) is 0 Å². The van der Waals surface area contributed by atoms with E-state index in [0.29, 0.717) is 0 Å². The largest absolute Gasteiger partial charge is 0.313 e. The fourth-order valence-electron chi connectivity index (χ4n) is 1.74. The fourth-order valence-corrected chi connectivity index (χ4v) is 2.15. The molecule has 0 aliphatic carbocycles. The van der Waals surface area contributed by atoms with Gasteiger partial charge in [-0.2, -0.15) is 0 Å². The SMILES string of the molecule is Cc1cccc(CNCCCNC(C)(C)C)c1Br. The Morgan fingerprint density at radius 1 is 1.17 bits per heavy atom. The van der Waals surface area contributed by atoms with Crippen LogP contribution in [0.5, 0.6) is 0 Å². The molecule has 1 rings (SSSR count). The van der Waals surface area contributed by atoms with Crippen LogP contribution in [0.3, 0.4) is 0 Å². The predicted octanol–water partition coefficient (Wildman–Crippen LogP) is 3.63. The number of aryl methyl sites for hydroxylation is 1. The molecule has 0 radical (unpaired) electrons. The maximum atomic E-state index is 3.64. The van der Waals surface area contributed by atoms with E-state index < -0.39 is 0 Å². The van der Waals surface area contributed by atoms with Gasteiger partial charge in [-0.15, -0.1) is 0 Å². The Hall–Kier alpha value is -0.380. The van der Waals surface area contributed by atoms with Crippen molar-refractivity contribution in [1.82, 2.24) is 10.6 Å². The molecule has 3 heteroatoms. The molecule has 0 aliphatic heterocycles. The van der Waals surface area contributed by atoms with Gasteiger partial charge >= 0.3 is 0 Å². The first-order valence-corrected chi connectivity index (χ1v) is 7.39. The molecule has 18 heavy (non-hydrogen) atoms. The maximum Gasteiger partial charge on any atom is 0.0249 e. The highest BCUT2D eigenvalue weighted by Crippen LogP contribution is 2.20. The molecule has 1 aromatic carbocycles. The van der Waals surface area contributed by atoms with E-state index in [0.717, 1.165) is 26.1 Å². The highest BCUT2D eigenvalue weighted by molar-refractivity contribution is 9.10. The van der Waals surface area contributed by atoms with Crippen LogP contribution in [0.2, 0.25) is 0 Å². The van der Waals surface area contributed by atoms with Crippen LogP contribution in [-0.4, -0.2) is 18.6 Å². The van der Waals surface area contributed by atoms with Gasteiger partial charge in [0.25, 0.3) is 0 Å². The Labute approximate surface area is 120 Å². The standard InChI is InChI=1S/C15H25BrN2/c1-12-7-5-8-13(14(12)16)11-17-9-6-10-18-15(2,3)4/h5,7-8,17-18H,6,9-11H2,1-4H3. The van der Waals surface area contributed by atoms with Gasteiger partial charge in [-0.3, -0.25) is 0 Å². The van der Waals surface area contributed by atoms with Crippen LogP contribution in [0, 0.1) is 6.92 Å². The van der Waals surface area contributed by atoms with Crippen LogP contribution < -0.4 is 10.6 Å². The van der Waals surface area contributed by atoms with Gasteiger partial charge in [0.2, 0.25) is 0 Å². The lowest BCUT2D eigenvalue weighted by Gasteiger charge is -2.20. The summed E-state index contributed by atoms with van der Waals surface area (Å²) in [4.78, 5) is 0. The molecule has 0 heterocycles. The number of nitrogens with one attached hydrogen (secondary N) is 2. The Morgan fingerprint density at radius 2 is 1.89 bits per heavy atom. The minimum Gasteiger partial charge on any atom is -0.313 e. The molecule has 0 bridgehead atoms. The fraction of sp³-hybridized carbons (Fsp3) is 0.600. The van der Waals surface area contributed by atoms with Crippen molar-refractivity contribution >= 4 is 15.9 Å². The lowest BCUT2D eigenvalue weighted by Crippen LogP contribution is -2.37. The summed E-state index contributed by atoms with van der Waals surface area (Å²) in [6.45, 7) is 11.8. The molecule has 2 nitrogen and oxygen atoms in total. The maximum absolute atomic E-state index is 3.64. The second kappa shape index (κ2) is 7.27. The van der Waals surface area contributed by atoms with E-state index in [1.54, 1.807) is 0 Å². The zero-order chi connectivity index (χ0) is 13.6. The molecular weight excluding hydrogens is 288 g/mol. The Morgan fingerprint density at radius 3 is 2.56 bits per heavy atom. The Balaban J connectivity index is 2.20. The van der Waals surface area contributed by atoms with E-state index in [9.17, 15) is 0 Å². The second-order valence-electron chi connectivity index (χ2n) is 5.76. The zero-order valence-electron chi connectivity index (χ0n) is 11.9. The third-order valence-electron chi connectivity index (χ3n) is 2.77. The average Bonchev–Trinajstić information content (AvgIpc) is 2.27. The third-order valence-corrected chi connectivity index (χ3v) is 3.91. The van der Waals surface area contributed by atoms with E-state index in [4.69, 9.17) is 0 Å². The monoisotopic (exact) mass is 312 g/mol. The molecule has 102 valence electrons.